The third-order valence-electron chi connectivity index (χ3n) is 4.61. The molecule has 1 heterocycles. The Hall–Kier alpha value is -2.38. The minimum atomic E-state index is -0.177. The first-order chi connectivity index (χ1) is 11.1. The zero-order chi connectivity index (χ0) is 16.4. The summed E-state index contributed by atoms with van der Waals surface area (Å²) in [5.41, 5.74) is 3.43. The lowest BCUT2D eigenvalue weighted by Crippen LogP contribution is -2.33. The van der Waals surface area contributed by atoms with Crippen molar-refractivity contribution in [1.82, 2.24) is 4.90 Å². The van der Waals surface area contributed by atoms with Gasteiger partial charge >= 0.3 is 0 Å². The number of methoxy groups -OCH3 is 1. The summed E-state index contributed by atoms with van der Waals surface area (Å²) in [6.07, 6.45) is 0.762. The maximum atomic E-state index is 14.2. The van der Waals surface area contributed by atoms with Crippen molar-refractivity contribution in [3.63, 3.8) is 0 Å². The van der Waals surface area contributed by atoms with Crippen LogP contribution in [0, 0.1) is 17.1 Å². The summed E-state index contributed by atoms with van der Waals surface area (Å²) in [6.45, 7) is 3.49. The van der Waals surface area contributed by atoms with Crippen LogP contribution in [0.1, 0.15) is 35.2 Å². The van der Waals surface area contributed by atoms with E-state index >= 15 is 0 Å². The molecule has 1 atom stereocenters. The highest BCUT2D eigenvalue weighted by Gasteiger charge is 2.26. The Labute approximate surface area is 135 Å². The van der Waals surface area contributed by atoms with Crippen molar-refractivity contribution in [2.75, 3.05) is 13.7 Å². The van der Waals surface area contributed by atoms with E-state index in [0.29, 0.717) is 12.1 Å². The van der Waals surface area contributed by atoms with Crippen LogP contribution in [0.3, 0.4) is 0 Å². The van der Waals surface area contributed by atoms with Crippen LogP contribution in [0.5, 0.6) is 5.75 Å². The van der Waals surface area contributed by atoms with E-state index in [0.717, 1.165) is 35.4 Å². The van der Waals surface area contributed by atoms with Gasteiger partial charge in [-0.05, 0) is 43.2 Å². The summed E-state index contributed by atoms with van der Waals surface area (Å²) in [4.78, 5) is 2.24. The molecule has 3 nitrogen and oxygen atoms in total. The van der Waals surface area contributed by atoms with E-state index < -0.39 is 0 Å². The molecule has 23 heavy (non-hydrogen) atoms. The molecule has 0 saturated heterocycles. The monoisotopic (exact) mass is 310 g/mol. The molecule has 1 aliphatic rings. The fourth-order valence-corrected chi connectivity index (χ4v) is 3.23. The first-order valence-electron chi connectivity index (χ1n) is 7.72. The van der Waals surface area contributed by atoms with Gasteiger partial charge < -0.3 is 4.74 Å². The van der Waals surface area contributed by atoms with Gasteiger partial charge in [-0.3, -0.25) is 4.90 Å². The number of nitriles is 1. The summed E-state index contributed by atoms with van der Waals surface area (Å²) in [6, 6.07) is 13.1. The van der Waals surface area contributed by atoms with Gasteiger partial charge in [0.2, 0.25) is 0 Å². The third kappa shape index (κ3) is 2.93. The zero-order valence-electron chi connectivity index (χ0n) is 13.3. The topological polar surface area (TPSA) is 36.3 Å². The highest BCUT2D eigenvalue weighted by molar-refractivity contribution is 5.43. The van der Waals surface area contributed by atoms with E-state index in [4.69, 9.17) is 10.00 Å². The number of fused-ring (bicyclic) bond motifs is 1. The molecule has 0 aromatic heterocycles. The summed E-state index contributed by atoms with van der Waals surface area (Å²) in [7, 11) is 1.62. The molecule has 0 N–H and O–H groups in total. The second-order valence-electron chi connectivity index (χ2n) is 5.84. The van der Waals surface area contributed by atoms with E-state index in [2.05, 4.69) is 17.9 Å². The van der Waals surface area contributed by atoms with Crippen molar-refractivity contribution >= 4 is 0 Å². The second kappa shape index (κ2) is 6.39. The van der Waals surface area contributed by atoms with Crippen molar-refractivity contribution in [3.8, 4) is 11.8 Å². The van der Waals surface area contributed by atoms with Gasteiger partial charge in [-0.25, -0.2) is 4.39 Å². The number of hydrogen-bond donors (Lipinski definition) is 0. The first-order valence-corrected chi connectivity index (χ1v) is 7.72. The molecular formula is C19H19FN2O. The van der Waals surface area contributed by atoms with Crippen LogP contribution >= 0.6 is 0 Å². The Kier molecular flexibility index (Phi) is 4.31. The van der Waals surface area contributed by atoms with Gasteiger partial charge in [-0.1, -0.05) is 12.1 Å². The molecule has 0 spiro atoms. The van der Waals surface area contributed by atoms with E-state index in [9.17, 15) is 4.39 Å². The fourth-order valence-electron chi connectivity index (χ4n) is 3.23. The molecule has 0 radical (unpaired) electrons. The Morgan fingerprint density at radius 3 is 2.83 bits per heavy atom. The van der Waals surface area contributed by atoms with Crippen LogP contribution in [0.2, 0.25) is 0 Å². The SMILES string of the molecule is COc1ccc(F)c2c1CCN(C(C)c1cccc(C#N)c1)C2. The summed E-state index contributed by atoms with van der Waals surface area (Å²) in [5.74, 6) is 0.587. The molecule has 0 saturated carbocycles. The van der Waals surface area contributed by atoms with Gasteiger partial charge in [-0.15, -0.1) is 0 Å². The quantitative estimate of drug-likeness (QED) is 0.864. The molecule has 118 valence electrons. The lowest BCUT2D eigenvalue weighted by molar-refractivity contribution is 0.187. The average Bonchev–Trinajstić information content (AvgIpc) is 2.61. The molecular weight excluding hydrogens is 291 g/mol. The Balaban J connectivity index is 1.88. The number of benzene rings is 2. The molecule has 2 aromatic rings. The lowest BCUT2D eigenvalue weighted by Gasteiger charge is -2.34. The van der Waals surface area contributed by atoms with Gasteiger partial charge in [0.25, 0.3) is 0 Å². The first kappa shape index (κ1) is 15.5. The molecule has 3 rings (SSSR count). The zero-order valence-corrected chi connectivity index (χ0v) is 13.3. The van der Waals surface area contributed by atoms with Crippen molar-refractivity contribution in [2.45, 2.75) is 25.9 Å². The molecule has 0 amide bonds. The molecule has 0 bridgehead atoms. The van der Waals surface area contributed by atoms with Gasteiger partial charge in [-0.2, -0.15) is 5.26 Å². The van der Waals surface area contributed by atoms with E-state index in [1.807, 2.05) is 18.2 Å². The Morgan fingerprint density at radius 1 is 1.26 bits per heavy atom. The molecule has 0 fully saturated rings. The molecule has 2 aromatic carbocycles. The van der Waals surface area contributed by atoms with E-state index in [1.54, 1.807) is 19.2 Å². The Morgan fingerprint density at radius 2 is 2.09 bits per heavy atom. The number of rotatable bonds is 3. The van der Waals surface area contributed by atoms with Crippen molar-refractivity contribution in [2.24, 2.45) is 0 Å². The van der Waals surface area contributed by atoms with Crippen LogP contribution < -0.4 is 4.74 Å². The standard InChI is InChI=1S/C19H19FN2O/c1-13(15-5-3-4-14(10-15)11-21)22-9-8-16-17(12-22)18(20)6-7-19(16)23-2/h3-7,10,13H,8-9,12H2,1-2H3. The van der Waals surface area contributed by atoms with Gasteiger partial charge in [0, 0.05) is 30.3 Å². The highest BCUT2D eigenvalue weighted by Crippen LogP contribution is 2.33. The molecule has 1 unspecified atom stereocenters. The highest BCUT2D eigenvalue weighted by atomic mass is 19.1. The number of ether oxygens (including phenoxy) is 1. The van der Waals surface area contributed by atoms with Gasteiger partial charge in [0.1, 0.15) is 11.6 Å². The van der Waals surface area contributed by atoms with E-state index in [1.165, 1.54) is 6.07 Å². The summed E-state index contributed by atoms with van der Waals surface area (Å²) >= 11 is 0. The predicted molar refractivity (Wildman–Crippen MR) is 86.6 cm³/mol. The van der Waals surface area contributed by atoms with Crippen molar-refractivity contribution in [3.05, 3.63) is 64.5 Å². The fraction of sp³-hybridized carbons (Fsp3) is 0.316. The van der Waals surface area contributed by atoms with Crippen LogP contribution in [-0.4, -0.2) is 18.6 Å². The summed E-state index contributed by atoms with van der Waals surface area (Å²) < 4.78 is 19.6. The largest absolute Gasteiger partial charge is 0.496 e. The predicted octanol–water partition coefficient (Wildman–Crippen LogP) is 3.83. The van der Waals surface area contributed by atoms with Crippen LogP contribution in [-0.2, 0) is 13.0 Å². The maximum absolute atomic E-state index is 14.2. The Bertz CT molecular complexity index is 766. The minimum absolute atomic E-state index is 0.127. The summed E-state index contributed by atoms with van der Waals surface area (Å²) in [5, 5.41) is 9.05. The number of nitrogens with zero attached hydrogens (tertiary/aromatic N) is 2. The van der Waals surface area contributed by atoms with Crippen LogP contribution in [0.25, 0.3) is 0 Å². The molecule has 4 heteroatoms. The van der Waals surface area contributed by atoms with Crippen LogP contribution in [0.15, 0.2) is 36.4 Å². The normalized spacial score (nSPS) is 15.6. The molecule has 0 aliphatic carbocycles. The van der Waals surface area contributed by atoms with E-state index in [-0.39, 0.29) is 11.9 Å². The lowest BCUT2D eigenvalue weighted by atomic mass is 9.95. The second-order valence-corrected chi connectivity index (χ2v) is 5.84. The number of hydrogen-bond acceptors (Lipinski definition) is 3. The van der Waals surface area contributed by atoms with Crippen LogP contribution in [0.4, 0.5) is 4.39 Å². The van der Waals surface area contributed by atoms with Gasteiger partial charge in [0.15, 0.2) is 0 Å². The average molecular weight is 310 g/mol. The maximum Gasteiger partial charge on any atom is 0.128 e. The van der Waals surface area contributed by atoms with Crippen molar-refractivity contribution < 1.29 is 9.13 Å². The van der Waals surface area contributed by atoms with Gasteiger partial charge in [0.05, 0.1) is 18.7 Å². The third-order valence-corrected chi connectivity index (χ3v) is 4.61. The minimum Gasteiger partial charge on any atom is -0.496 e. The number of halogens is 1. The molecule has 1 aliphatic heterocycles. The smallest absolute Gasteiger partial charge is 0.128 e. The van der Waals surface area contributed by atoms with Crippen molar-refractivity contribution in [1.29, 1.82) is 5.26 Å².